The molecule has 0 N–H and O–H groups in total. The first kappa shape index (κ1) is 18.9. The van der Waals surface area contributed by atoms with Crippen LogP contribution in [0, 0.1) is 6.92 Å². The van der Waals surface area contributed by atoms with Crippen molar-refractivity contribution in [3.05, 3.63) is 101 Å². The third-order valence-corrected chi connectivity index (χ3v) is 5.37. The molecule has 1 aromatic heterocycles. The van der Waals surface area contributed by atoms with Gasteiger partial charge in [0.1, 0.15) is 5.82 Å². The second kappa shape index (κ2) is 7.55. The van der Waals surface area contributed by atoms with Gasteiger partial charge in [0, 0.05) is 7.05 Å². The second-order valence-electron chi connectivity index (χ2n) is 7.19. The van der Waals surface area contributed by atoms with E-state index in [1.165, 1.54) is 0 Å². The Kier molecular flexibility index (Phi) is 4.93. The molecular formula is C25H24N2O2. The molecule has 0 fully saturated rings. The van der Waals surface area contributed by atoms with E-state index in [4.69, 9.17) is 9.72 Å². The van der Waals surface area contributed by atoms with E-state index >= 15 is 0 Å². The van der Waals surface area contributed by atoms with Gasteiger partial charge in [0.25, 0.3) is 0 Å². The predicted octanol–water partition coefficient (Wildman–Crippen LogP) is 4.78. The number of hydrogen-bond acceptors (Lipinski definition) is 3. The molecule has 4 aromatic rings. The third-order valence-electron chi connectivity index (χ3n) is 5.37. The molecule has 0 radical (unpaired) electrons. The highest BCUT2D eigenvalue weighted by molar-refractivity contribution is 5.92. The summed E-state index contributed by atoms with van der Waals surface area (Å²) < 4.78 is 7.67. The molecule has 0 bridgehead atoms. The van der Waals surface area contributed by atoms with Crippen molar-refractivity contribution in [3.8, 4) is 0 Å². The van der Waals surface area contributed by atoms with Crippen molar-refractivity contribution in [1.82, 2.24) is 9.55 Å². The SMILES string of the molecule is CCOC(=O)C(c1ccccc1)(c1ccccc1)c1nc2ccc(C)cc2n1C. The van der Waals surface area contributed by atoms with Crippen molar-refractivity contribution in [2.24, 2.45) is 7.05 Å². The maximum Gasteiger partial charge on any atom is 0.328 e. The van der Waals surface area contributed by atoms with Gasteiger partial charge in [0.15, 0.2) is 5.41 Å². The van der Waals surface area contributed by atoms with Crippen molar-refractivity contribution in [2.45, 2.75) is 19.3 Å². The molecule has 4 nitrogen and oxygen atoms in total. The van der Waals surface area contributed by atoms with Gasteiger partial charge in [-0.2, -0.15) is 0 Å². The molecule has 0 unspecified atom stereocenters. The number of benzene rings is 3. The summed E-state index contributed by atoms with van der Waals surface area (Å²) in [6, 6.07) is 25.7. The van der Waals surface area contributed by atoms with Gasteiger partial charge in [-0.3, -0.25) is 4.79 Å². The standard InChI is InChI=1S/C25H24N2O2/c1-4-29-24(28)25(19-11-7-5-8-12-19,20-13-9-6-10-14-20)23-26-21-16-15-18(2)17-22(21)27(23)3/h5-17H,4H2,1-3H3. The zero-order valence-corrected chi connectivity index (χ0v) is 16.9. The Hall–Kier alpha value is -3.40. The van der Waals surface area contributed by atoms with Crippen LogP contribution in [0.15, 0.2) is 78.9 Å². The fourth-order valence-electron chi connectivity index (χ4n) is 4.00. The van der Waals surface area contributed by atoms with Crippen LogP contribution >= 0.6 is 0 Å². The molecule has 3 aromatic carbocycles. The van der Waals surface area contributed by atoms with Crippen LogP contribution in [0.5, 0.6) is 0 Å². The van der Waals surface area contributed by atoms with Crippen LogP contribution in [-0.4, -0.2) is 22.1 Å². The van der Waals surface area contributed by atoms with Crippen molar-refractivity contribution in [3.63, 3.8) is 0 Å². The molecule has 146 valence electrons. The highest BCUT2D eigenvalue weighted by atomic mass is 16.5. The molecule has 0 saturated carbocycles. The highest BCUT2D eigenvalue weighted by Gasteiger charge is 2.49. The number of rotatable bonds is 5. The number of carbonyl (C=O) groups is 1. The predicted molar refractivity (Wildman–Crippen MR) is 115 cm³/mol. The van der Waals surface area contributed by atoms with Crippen LogP contribution in [-0.2, 0) is 22.0 Å². The van der Waals surface area contributed by atoms with E-state index in [2.05, 4.69) is 13.0 Å². The molecule has 0 amide bonds. The lowest BCUT2D eigenvalue weighted by molar-refractivity contribution is -0.147. The normalized spacial score (nSPS) is 11.6. The van der Waals surface area contributed by atoms with Gasteiger partial charge < -0.3 is 9.30 Å². The Bertz CT molecular complexity index is 1110. The van der Waals surface area contributed by atoms with Crippen molar-refractivity contribution in [2.75, 3.05) is 6.61 Å². The van der Waals surface area contributed by atoms with Crippen molar-refractivity contribution >= 4 is 17.0 Å². The van der Waals surface area contributed by atoms with Gasteiger partial charge in [-0.15, -0.1) is 0 Å². The average Bonchev–Trinajstić information content (AvgIpc) is 3.07. The van der Waals surface area contributed by atoms with Gasteiger partial charge in [-0.1, -0.05) is 66.7 Å². The van der Waals surface area contributed by atoms with E-state index in [9.17, 15) is 4.79 Å². The van der Waals surface area contributed by atoms with E-state index in [-0.39, 0.29) is 5.97 Å². The van der Waals surface area contributed by atoms with E-state index in [1.807, 2.05) is 91.3 Å². The number of ether oxygens (including phenoxy) is 1. The van der Waals surface area contributed by atoms with Crippen LogP contribution in [0.4, 0.5) is 0 Å². The molecule has 0 aliphatic carbocycles. The van der Waals surface area contributed by atoms with Gasteiger partial charge in [0.2, 0.25) is 0 Å². The average molecular weight is 384 g/mol. The second-order valence-corrected chi connectivity index (χ2v) is 7.19. The number of fused-ring (bicyclic) bond motifs is 1. The number of hydrogen-bond donors (Lipinski definition) is 0. The summed E-state index contributed by atoms with van der Waals surface area (Å²) >= 11 is 0. The molecule has 1 heterocycles. The molecule has 0 aliphatic heterocycles. The number of imidazole rings is 1. The first-order valence-corrected chi connectivity index (χ1v) is 9.81. The molecular weight excluding hydrogens is 360 g/mol. The van der Waals surface area contributed by atoms with Crippen molar-refractivity contribution in [1.29, 1.82) is 0 Å². The lowest BCUT2D eigenvalue weighted by Gasteiger charge is -2.32. The minimum Gasteiger partial charge on any atom is -0.465 e. The summed E-state index contributed by atoms with van der Waals surface area (Å²) in [7, 11) is 1.96. The van der Waals surface area contributed by atoms with E-state index in [1.54, 1.807) is 0 Å². The maximum absolute atomic E-state index is 13.7. The largest absolute Gasteiger partial charge is 0.465 e. The fourth-order valence-corrected chi connectivity index (χ4v) is 4.00. The Morgan fingerprint density at radius 2 is 1.55 bits per heavy atom. The van der Waals surface area contributed by atoms with Crippen LogP contribution in [0.2, 0.25) is 0 Å². The Labute approximate surface area is 170 Å². The number of nitrogens with zero attached hydrogens (tertiary/aromatic N) is 2. The summed E-state index contributed by atoms with van der Waals surface area (Å²) in [5.74, 6) is 0.321. The third kappa shape index (κ3) is 3.01. The first-order chi connectivity index (χ1) is 14.1. The molecule has 0 atom stereocenters. The molecule has 0 aliphatic rings. The quantitative estimate of drug-likeness (QED) is 0.465. The minimum absolute atomic E-state index is 0.295. The fraction of sp³-hybridized carbons (Fsp3) is 0.200. The maximum atomic E-state index is 13.7. The van der Waals surface area contributed by atoms with Crippen molar-refractivity contribution < 1.29 is 9.53 Å². The van der Waals surface area contributed by atoms with E-state index in [0.29, 0.717) is 12.4 Å². The number of esters is 1. The van der Waals surface area contributed by atoms with Gasteiger partial charge in [0.05, 0.1) is 17.6 Å². The Morgan fingerprint density at radius 1 is 0.966 bits per heavy atom. The summed E-state index contributed by atoms with van der Waals surface area (Å²) in [4.78, 5) is 18.6. The molecule has 29 heavy (non-hydrogen) atoms. The Morgan fingerprint density at radius 3 is 2.10 bits per heavy atom. The lowest BCUT2D eigenvalue weighted by Crippen LogP contribution is -2.42. The topological polar surface area (TPSA) is 44.1 Å². The minimum atomic E-state index is -1.17. The van der Waals surface area contributed by atoms with E-state index < -0.39 is 5.41 Å². The zero-order chi connectivity index (χ0) is 20.4. The van der Waals surface area contributed by atoms with Crippen LogP contribution < -0.4 is 0 Å². The summed E-state index contributed by atoms with van der Waals surface area (Å²) in [6.07, 6.45) is 0. The molecule has 4 heteroatoms. The molecule has 0 saturated heterocycles. The van der Waals surface area contributed by atoms with Gasteiger partial charge >= 0.3 is 5.97 Å². The first-order valence-electron chi connectivity index (χ1n) is 9.81. The zero-order valence-electron chi connectivity index (χ0n) is 16.9. The molecule has 0 spiro atoms. The van der Waals surface area contributed by atoms with E-state index in [0.717, 1.165) is 27.7 Å². The highest BCUT2D eigenvalue weighted by Crippen LogP contribution is 2.41. The smallest absolute Gasteiger partial charge is 0.328 e. The van der Waals surface area contributed by atoms with Gasteiger partial charge in [-0.05, 0) is 42.7 Å². The number of aryl methyl sites for hydroxylation is 2. The van der Waals surface area contributed by atoms with Crippen LogP contribution in [0.25, 0.3) is 11.0 Å². The number of aromatic nitrogens is 2. The molecule has 4 rings (SSSR count). The monoisotopic (exact) mass is 384 g/mol. The van der Waals surface area contributed by atoms with Crippen LogP contribution in [0.3, 0.4) is 0 Å². The summed E-state index contributed by atoms with van der Waals surface area (Å²) in [5.41, 5.74) is 3.49. The summed E-state index contributed by atoms with van der Waals surface area (Å²) in [5, 5.41) is 0. The van der Waals surface area contributed by atoms with Gasteiger partial charge in [-0.25, -0.2) is 4.98 Å². The number of carbonyl (C=O) groups excluding carboxylic acids is 1. The lowest BCUT2D eigenvalue weighted by atomic mass is 9.73. The summed E-state index contributed by atoms with van der Waals surface area (Å²) in [6.45, 7) is 4.18. The Balaban J connectivity index is 2.13. The van der Waals surface area contributed by atoms with Crippen LogP contribution in [0.1, 0.15) is 29.4 Å².